The predicted molar refractivity (Wildman–Crippen MR) is 66.0 cm³/mol. The zero-order chi connectivity index (χ0) is 14.0. The number of anilines is 1. The van der Waals surface area contributed by atoms with Gasteiger partial charge in [-0.05, 0) is 18.2 Å². The van der Waals surface area contributed by atoms with Crippen LogP contribution in [0.15, 0.2) is 18.2 Å². The quantitative estimate of drug-likeness (QED) is 0.730. The number of carbonyl (C=O) groups excluding carboxylic acids is 1. The van der Waals surface area contributed by atoms with E-state index in [1.165, 1.54) is 11.8 Å². The number of halogens is 3. The maximum Gasteiger partial charge on any atom is 0.416 e. The number of rotatable bonds is 2. The number of carbonyl (C=O) groups is 1. The van der Waals surface area contributed by atoms with Gasteiger partial charge in [-0.3, -0.25) is 10.1 Å². The Labute approximate surface area is 111 Å². The lowest BCUT2D eigenvalue weighted by molar-refractivity contribution is -0.137. The molecule has 0 radical (unpaired) electrons. The van der Waals surface area contributed by atoms with E-state index in [0.29, 0.717) is 11.6 Å². The monoisotopic (exact) mass is 292 g/mol. The Balaban J connectivity index is 2.17. The van der Waals surface area contributed by atoms with Crippen molar-refractivity contribution in [2.75, 3.05) is 16.9 Å². The van der Waals surface area contributed by atoms with Crippen LogP contribution < -0.4 is 10.6 Å². The third-order valence-corrected chi connectivity index (χ3v) is 3.55. The maximum absolute atomic E-state index is 12.5. The molecule has 1 heterocycles. The third kappa shape index (κ3) is 3.32. The molecule has 4 nitrogen and oxygen atoms in total. The van der Waals surface area contributed by atoms with Crippen LogP contribution >= 0.6 is 11.8 Å². The van der Waals surface area contributed by atoms with E-state index in [2.05, 4.69) is 10.6 Å². The molecule has 1 saturated heterocycles. The van der Waals surface area contributed by atoms with Crippen molar-refractivity contribution in [2.45, 2.75) is 12.2 Å². The van der Waals surface area contributed by atoms with E-state index >= 15 is 0 Å². The summed E-state index contributed by atoms with van der Waals surface area (Å²) in [6.07, 6.45) is -4.52. The van der Waals surface area contributed by atoms with Crippen molar-refractivity contribution in [1.82, 2.24) is 5.32 Å². The van der Waals surface area contributed by atoms with Crippen molar-refractivity contribution in [1.29, 1.82) is 0 Å². The Kier molecular flexibility index (Phi) is 3.91. The highest BCUT2D eigenvalue weighted by Gasteiger charge is 2.31. The highest BCUT2D eigenvalue weighted by atomic mass is 32.2. The molecule has 2 rings (SSSR count). The molecule has 1 amide bonds. The first-order valence-corrected chi connectivity index (χ1v) is 6.55. The van der Waals surface area contributed by atoms with Crippen LogP contribution in [0.25, 0.3) is 0 Å². The second-order valence-electron chi connectivity index (χ2n) is 3.99. The Morgan fingerprint density at radius 1 is 1.47 bits per heavy atom. The fraction of sp³-hybridized carbons (Fsp3) is 0.364. The average Bonchev–Trinajstić information content (AvgIpc) is 2.84. The fourth-order valence-corrected chi connectivity index (χ4v) is 2.54. The molecule has 0 bridgehead atoms. The van der Waals surface area contributed by atoms with Gasteiger partial charge in [0, 0.05) is 11.6 Å². The highest BCUT2D eigenvalue weighted by molar-refractivity contribution is 7.99. The van der Waals surface area contributed by atoms with Gasteiger partial charge in [0.15, 0.2) is 0 Å². The largest absolute Gasteiger partial charge is 0.506 e. The van der Waals surface area contributed by atoms with Crippen molar-refractivity contribution in [2.24, 2.45) is 0 Å². The second-order valence-corrected chi connectivity index (χ2v) is 5.02. The molecular formula is C11H11F3N2O2S. The number of alkyl halides is 3. The zero-order valence-corrected chi connectivity index (χ0v) is 10.4. The molecule has 1 fully saturated rings. The number of hydrogen-bond donors (Lipinski definition) is 3. The predicted octanol–water partition coefficient (Wildman–Crippen LogP) is 2.01. The molecule has 1 aromatic carbocycles. The average molecular weight is 292 g/mol. The summed E-state index contributed by atoms with van der Waals surface area (Å²) >= 11 is 1.52. The molecule has 1 aliphatic heterocycles. The van der Waals surface area contributed by atoms with Crippen LogP contribution in [-0.2, 0) is 11.0 Å². The minimum absolute atomic E-state index is 0.237. The molecule has 8 heteroatoms. The zero-order valence-electron chi connectivity index (χ0n) is 9.62. The van der Waals surface area contributed by atoms with Crippen LogP contribution in [0.3, 0.4) is 0 Å². The smallest absolute Gasteiger partial charge is 0.416 e. The van der Waals surface area contributed by atoms with Crippen molar-refractivity contribution in [3.05, 3.63) is 23.8 Å². The molecule has 1 aromatic rings. The van der Waals surface area contributed by atoms with E-state index in [1.807, 2.05) is 0 Å². The summed E-state index contributed by atoms with van der Waals surface area (Å²) in [5.74, 6) is 0.310. The van der Waals surface area contributed by atoms with E-state index < -0.39 is 29.4 Å². The third-order valence-electron chi connectivity index (χ3n) is 2.61. The van der Waals surface area contributed by atoms with E-state index in [9.17, 15) is 23.1 Å². The van der Waals surface area contributed by atoms with E-state index in [0.717, 1.165) is 18.2 Å². The van der Waals surface area contributed by atoms with Gasteiger partial charge in [0.2, 0.25) is 5.91 Å². The molecule has 1 aliphatic rings. The molecule has 0 aliphatic carbocycles. The summed E-state index contributed by atoms with van der Waals surface area (Å²) in [7, 11) is 0. The Morgan fingerprint density at radius 3 is 2.79 bits per heavy atom. The van der Waals surface area contributed by atoms with Gasteiger partial charge in [0.1, 0.15) is 5.75 Å². The number of phenolic OH excluding ortho intramolecular Hbond substituents is 1. The molecule has 1 atom stereocenters. The highest BCUT2D eigenvalue weighted by Crippen LogP contribution is 2.34. The Bertz CT molecular complexity index is 487. The Hall–Kier alpha value is -1.41. The number of phenols is 1. The van der Waals surface area contributed by atoms with Crippen molar-refractivity contribution in [3.8, 4) is 5.75 Å². The molecule has 0 aromatic heterocycles. The maximum atomic E-state index is 12.5. The van der Waals surface area contributed by atoms with Gasteiger partial charge in [0.05, 0.1) is 17.3 Å². The van der Waals surface area contributed by atoms with Gasteiger partial charge in [0.25, 0.3) is 0 Å². The van der Waals surface area contributed by atoms with Gasteiger partial charge in [-0.2, -0.15) is 13.2 Å². The molecule has 104 valence electrons. The van der Waals surface area contributed by atoms with Gasteiger partial charge < -0.3 is 10.4 Å². The number of benzene rings is 1. The summed E-state index contributed by atoms with van der Waals surface area (Å²) < 4.78 is 37.6. The van der Waals surface area contributed by atoms with Crippen LogP contribution in [0, 0.1) is 0 Å². The van der Waals surface area contributed by atoms with Gasteiger partial charge in [-0.1, -0.05) is 0 Å². The van der Waals surface area contributed by atoms with Gasteiger partial charge >= 0.3 is 6.18 Å². The SMILES string of the molecule is O=C(Nc1cc(C(F)(F)F)ccc1O)C1CSCN1. The lowest BCUT2D eigenvalue weighted by Crippen LogP contribution is -2.37. The van der Waals surface area contributed by atoms with Gasteiger partial charge in [-0.15, -0.1) is 11.8 Å². The first kappa shape index (κ1) is 14.0. The van der Waals surface area contributed by atoms with Crippen molar-refractivity contribution < 1.29 is 23.1 Å². The number of nitrogens with one attached hydrogen (secondary N) is 2. The minimum atomic E-state index is -4.52. The summed E-state index contributed by atoms with van der Waals surface area (Å²) in [5, 5.41) is 14.7. The van der Waals surface area contributed by atoms with Gasteiger partial charge in [-0.25, -0.2) is 0 Å². The lowest BCUT2D eigenvalue weighted by Gasteiger charge is -2.14. The molecule has 0 spiro atoms. The molecular weight excluding hydrogens is 281 g/mol. The summed E-state index contributed by atoms with van der Waals surface area (Å²) in [6, 6.07) is 1.93. The molecule has 3 N–H and O–H groups in total. The van der Waals surface area contributed by atoms with E-state index in [1.54, 1.807) is 0 Å². The number of amides is 1. The second kappa shape index (κ2) is 5.30. The van der Waals surface area contributed by atoms with Crippen LogP contribution in [0.2, 0.25) is 0 Å². The van der Waals surface area contributed by atoms with E-state index in [-0.39, 0.29) is 5.69 Å². The van der Waals surface area contributed by atoms with Crippen LogP contribution in [0.5, 0.6) is 5.75 Å². The Morgan fingerprint density at radius 2 is 2.21 bits per heavy atom. The standard InChI is InChI=1S/C11H11F3N2O2S/c12-11(13,14)6-1-2-9(17)7(3-6)16-10(18)8-4-19-5-15-8/h1-3,8,15,17H,4-5H2,(H,16,18). The van der Waals surface area contributed by atoms with Crippen molar-refractivity contribution in [3.63, 3.8) is 0 Å². The topological polar surface area (TPSA) is 61.4 Å². The van der Waals surface area contributed by atoms with Crippen molar-refractivity contribution >= 4 is 23.4 Å². The summed E-state index contributed by atoms with van der Waals surface area (Å²) in [5.41, 5.74) is -1.16. The summed E-state index contributed by atoms with van der Waals surface area (Å²) in [6.45, 7) is 0. The first-order chi connectivity index (χ1) is 8.88. The van der Waals surface area contributed by atoms with Crippen LogP contribution in [0.4, 0.5) is 18.9 Å². The molecule has 1 unspecified atom stereocenters. The van der Waals surface area contributed by atoms with E-state index in [4.69, 9.17) is 0 Å². The lowest BCUT2D eigenvalue weighted by atomic mass is 10.1. The van der Waals surface area contributed by atoms with Crippen LogP contribution in [-0.4, -0.2) is 28.7 Å². The molecule has 0 saturated carbocycles. The van der Waals surface area contributed by atoms with Crippen LogP contribution in [0.1, 0.15) is 5.56 Å². The molecule has 19 heavy (non-hydrogen) atoms. The first-order valence-electron chi connectivity index (χ1n) is 5.40. The fourth-order valence-electron chi connectivity index (χ4n) is 1.60. The number of thioether (sulfide) groups is 1. The minimum Gasteiger partial charge on any atom is -0.506 e. The normalized spacial score (nSPS) is 19.4. The number of aromatic hydroxyl groups is 1. The summed E-state index contributed by atoms with van der Waals surface area (Å²) in [4.78, 5) is 11.7. The number of hydrogen-bond acceptors (Lipinski definition) is 4.